The van der Waals surface area contributed by atoms with E-state index in [0.717, 1.165) is 48.2 Å². The van der Waals surface area contributed by atoms with Crippen LogP contribution in [0.2, 0.25) is 0 Å². The van der Waals surface area contributed by atoms with Crippen LogP contribution in [0.25, 0.3) is 10.2 Å². The Morgan fingerprint density at radius 2 is 1.86 bits per heavy atom. The van der Waals surface area contributed by atoms with Gasteiger partial charge in [0.25, 0.3) is 5.91 Å². The van der Waals surface area contributed by atoms with Gasteiger partial charge in [0.15, 0.2) is 11.7 Å². The number of benzene rings is 2. The molecule has 2 heterocycles. The lowest BCUT2D eigenvalue weighted by atomic mass is 10.3. The Bertz CT molecular complexity index is 876. The van der Waals surface area contributed by atoms with Gasteiger partial charge >= 0.3 is 0 Å². The molecule has 2 aromatic carbocycles. The summed E-state index contributed by atoms with van der Waals surface area (Å²) in [6.07, 6.45) is 0. The number of fused-ring (bicyclic) bond motifs is 1. The largest absolute Gasteiger partial charge is 0.484 e. The summed E-state index contributed by atoms with van der Waals surface area (Å²) in [6.45, 7) is 4.99. The maximum atomic E-state index is 13.0. The lowest BCUT2D eigenvalue weighted by molar-refractivity contribution is -0.906. The zero-order chi connectivity index (χ0) is 19.2. The Labute approximate surface area is 168 Å². The Kier molecular flexibility index (Phi) is 6.16. The number of amides is 1. The number of para-hydroxylation sites is 2. The average Bonchev–Trinajstić information content (AvgIpc) is 3.18. The maximum absolute atomic E-state index is 13.0. The minimum absolute atomic E-state index is 0.00160. The first-order chi connectivity index (χ1) is 13.8. The standard InChI is InChI=1S/C21H23N3O3S/c25-20(16-27-17-6-2-1-3-7-17)24(11-10-23-12-14-26-15-13-23)21-22-18-8-4-5-9-19(18)28-21/h1-9H,10-16H2/p+1. The maximum Gasteiger partial charge on any atom is 0.266 e. The number of carbonyl (C=O) groups excluding carboxylic acids is 1. The van der Waals surface area contributed by atoms with Crippen LogP contribution in [-0.2, 0) is 9.53 Å². The van der Waals surface area contributed by atoms with E-state index >= 15 is 0 Å². The summed E-state index contributed by atoms with van der Waals surface area (Å²) < 4.78 is 12.2. The van der Waals surface area contributed by atoms with E-state index in [2.05, 4.69) is 4.98 Å². The smallest absolute Gasteiger partial charge is 0.266 e. The molecule has 146 valence electrons. The Hall–Kier alpha value is -2.48. The predicted octanol–water partition coefficient (Wildman–Crippen LogP) is 1.62. The van der Waals surface area contributed by atoms with Crippen LogP contribution in [0.15, 0.2) is 54.6 Å². The van der Waals surface area contributed by atoms with Gasteiger partial charge in [-0.15, -0.1) is 0 Å². The quantitative estimate of drug-likeness (QED) is 0.657. The van der Waals surface area contributed by atoms with Gasteiger partial charge in [0.2, 0.25) is 0 Å². The highest BCUT2D eigenvalue weighted by atomic mass is 32.1. The van der Waals surface area contributed by atoms with Crippen molar-refractivity contribution in [1.82, 2.24) is 4.98 Å². The number of morpholine rings is 1. The normalized spacial score (nSPS) is 14.9. The van der Waals surface area contributed by atoms with Crippen LogP contribution in [0.5, 0.6) is 5.75 Å². The third-order valence-electron chi connectivity index (χ3n) is 4.81. The zero-order valence-electron chi connectivity index (χ0n) is 15.7. The van der Waals surface area contributed by atoms with E-state index in [-0.39, 0.29) is 12.5 Å². The number of aromatic nitrogens is 1. The molecule has 0 spiro atoms. The SMILES string of the molecule is O=C(COc1ccccc1)N(CC[NH+]1CCOCC1)c1nc2ccccc2s1. The van der Waals surface area contributed by atoms with E-state index in [1.54, 1.807) is 16.2 Å². The third kappa shape index (κ3) is 4.67. The molecule has 0 unspecified atom stereocenters. The monoisotopic (exact) mass is 398 g/mol. The number of hydrogen-bond acceptors (Lipinski definition) is 5. The summed E-state index contributed by atoms with van der Waals surface area (Å²) in [5.41, 5.74) is 0.919. The molecule has 0 radical (unpaired) electrons. The number of quaternary nitrogens is 1. The second-order valence-corrected chi connectivity index (χ2v) is 7.73. The first-order valence-corrected chi connectivity index (χ1v) is 10.4. The lowest BCUT2D eigenvalue weighted by Crippen LogP contribution is -3.14. The molecule has 1 N–H and O–H groups in total. The van der Waals surface area contributed by atoms with E-state index in [4.69, 9.17) is 9.47 Å². The molecule has 4 rings (SSSR count). The molecule has 6 nitrogen and oxygen atoms in total. The number of ether oxygens (including phenoxy) is 2. The van der Waals surface area contributed by atoms with Crippen molar-refractivity contribution in [2.45, 2.75) is 0 Å². The fourth-order valence-corrected chi connectivity index (χ4v) is 4.23. The van der Waals surface area contributed by atoms with Crippen LogP contribution >= 0.6 is 11.3 Å². The molecular formula is C21H24N3O3S+. The molecule has 28 heavy (non-hydrogen) atoms. The Morgan fingerprint density at radius 1 is 1.11 bits per heavy atom. The first-order valence-electron chi connectivity index (χ1n) is 9.55. The van der Waals surface area contributed by atoms with Gasteiger partial charge in [-0.3, -0.25) is 9.69 Å². The number of carbonyl (C=O) groups is 1. The van der Waals surface area contributed by atoms with E-state index in [9.17, 15) is 4.79 Å². The van der Waals surface area contributed by atoms with Crippen molar-refractivity contribution >= 4 is 32.6 Å². The zero-order valence-corrected chi connectivity index (χ0v) is 16.5. The van der Waals surface area contributed by atoms with Crippen LogP contribution in [0, 0.1) is 0 Å². The summed E-state index contributed by atoms with van der Waals surface area (Å²) in [6, 6.07) is 17.4. The van der Waals surface area contributed by atoms with Crippen molar-refractivity contribution in [3.63, 3.8) is 0 Å². The number of nitrogens with one attached hydrogen (secondary N) is 1. The summed E-state index contributed by atoms with van der Waals surface area (Å²) in [4.78, 5) is 20.9. The van der Waals surface area contributed by atoms with Gasteiger partial charge in [-0.05, 0) is 24.3 Å². The van der Waals surface area contributed by atoms with Crippen molar-refractivity contribution in [2.75, 3.05) is 50.9 Å². The van der Waals surface area contributed by atoms with Crippen LogP contribution in [0.4, 0.5) is 5.13 Å². The van der Waals surface area contributed by atoms with Crippen LogP contribution < -0.4 is 14.5 Å². The number of nitrogens with zero attached hydrogens (tertiary/aromatic N) is 2. The van der Waals surface area contributed by atoms with Gasteiger partial charge in [0.05, 0.1) is 36.5 Å². The molecule has 1 aliphatic rings. The van der Waals surface area contributed by atoms with E-state index < -0.39 is 0 Å². The Balaban J connectivity index is 1.48. The minimum Gasteiger partial charge on any atom is -0.484 e. The molecule has 1 amide bonds. The second-order valence-electron chi connectivity index (χ2n) is 6.72. The highest BCUT2D eigenvalue weighted by Gasteiger charge is 2.23. The Morgan fingerprint density at radius 3 is 2.64 bits per heavy atom. The van der Waals surface area contributed by atoms with E-state index in [1.807, 2.05) is 54.6 Å². The third-order valence-corrected chi connectivity index (χ3v) is 5.87. The van der Waals surface area contributed by atoms with Gasteiger partial charge in [-0.2, -0.15) is 0 Å². The molecule has 1 fully saturated rings. The summed E-state index contributed by atoms with van der Waals surface area (Å²) in [5, 5.41) is 0.732. The fraction of sp³-hybridized carbons (Fsp3) is 0.333. The molecular weight excluding hydrogens is 374 g/mol. The highest BCUT2D eigenvalue weighted by Crippen LogP contribution is 2.28. The number of anilines is 1. The van der Waals surface area contributed by atoms with Crippen molar-refractivity contribution in [3.8, 4) is 5.75 Å². The van der Waals surface area contributed by atoms with Crippen molar-refractivity contribution in [1.29, 1.82) is 0 Å². The molecule has 1 aromatic heterocycles. The van der Waals surface area contributed by atoms with Crippen LogP contribution in [-0.4, -0.2) is 56.9 Å². The molecule has 3 aromatic rings. The van der Waals surface area contributed by atoms with Crippen molar-refractivity contribution < 1.29 is 19.2 Å². The number of thiazole rings is 1. The molecule has 1 aliphatic heterocycles. The minimum atomic E-state index is -0.0735. The van der Waals surface area contributed by atoms with Crippen LogP contribution in [0.1, 0.15) is 0 Å². The van der Waals surface area contributed by atoms with Gasteiger partial charge < -0.3 is 14.4 Å². The molecule has 0 aliphatic carbocycles. The van der Waals surface area contributed by atoms with Gasteiger partial charge in [0.1, 0.15) is 18.8 Å². The summed E-state index contributed by atoms with van der Waals surface area (Å²) in [5.74, 6) is 0.620. The second kappa shape index (κ2) is 9.14. The molecule has 7 heteroatoms. The first kappa shape index (κ1) is 18.9. The van der Waals surface area contributed by atoms with Crippen LogP contribution in [0.3, 0.4) is 0 Å². The summed E-state index contributed by atoms with van der Waals surface area (Å²) in [7, 11) is 0. The lowest BCUT2D eigenvalue weighted by Gasteiger charge is -2.26. The average molecular weight is 399 g/mol. The topological polar surface area (TPSA) is 56.1 Å². The fourth-order valence-electron chi connectivity index (χ4n) is 3.22. The van der Waals surface area contributed by atoms with Crippen molar-refractivity contribution in [2.24, 2.45) is 0 Å². The summed E-state index contributed by atoms with van der Waals surface area (Å²) >= 11 is 1.55. The predicted molar refractivity (Wildman–Crippen MR) is 110 cm³/mol. The van der Waals surface area contributed by atoms with Gasteiger partial charge in [-0.1, -0.05) is 41.7 Å². The molecule has 0 bridgehead atoms. The number of rotatable bonds is 7. The van der Waals surface area contributed by atoms with Crippen molar-refractivity contribution in [3.05, 3.63) is 54.6 Å². The molecule has 0 atom stereocenters. The van der Waals surface area contributed by atoms with Gasteiger partial charge in [0, 0.05) is 0 Å². The van der Waals surface area contributed by atoms with E-state index in [0.29, 0.717) is 12.3 Å². The molecule has 0 saturated carbocycles. The molecule has 1 saturated heterocycles. The highest BCUT2D eigenvalue weighted by molar-refractivity contribution is 7.22. The van der Waals surface area contributed by atoms with E-state index in [1.165, 1.54) is 4.90 Å². The van der Waals surface area contributed by atoms with Gasteiger partial charge in [-0.25, -0.2) is 4.98 Å². The number of hydrogen-bond donors (Lipinski definition) is 1.